The molecule has 1 heterocycles. The van der Waals surface area contributed by atoms with Crippen LogP contribution in [0.1, 0.15) is 65.2 Å². The van der Waals surface area contributed by atoms with Crippen molar-refractivity contribution in [2.24, 2.45) is 5.92 Å². The van der Waals surface area contributed by atoms with Crippen molar-refractivity contribution in [2.45, 2.75) is 94.9 Å². The first-order valence-electron chi connectivity index (χ1n) is 13.0. The third-order valence-electron chi connectivity index (χ3n) is 6.77. The van der Waals surface area contributed by atoms with E-state index in [9.17, 15) is 0 Å². The van der Waals surface area contributed by atoms with Gasteiger partial charge >= 0.3 is 0 Å². The van der Waals surface area contributed by atoms with Gasteiger partial charge in [0.1, 0.15) is 0 Å². The Morgan fingerprint density at radius 3 is 1.75 bits per heavy atom. The lowest BCUT2D eigenvalue weighted by Gasteiger charge is -2.36. The van der Waals surface area contributed by atoms with Crippen LogP contribution in [0, 0.1) is 5.92 Å². The van der Waals surface area contributed by atoms with Crippen LogP contribution in [0.2, 0.25) is 0 Å². The van der Waals surface area contributed by atoms with Gasteiger partial charge in [-0.25, -0.2) is 0 Å². The van der Waals surface area contributed by atoms with E-state index in [1.54, 1.807) is 0 Å². The van der Waals surface area contributed by atoms with E-state index in [1.807, 2.05) is 0 Å². The minimum atomic E-state index is 0.148. The van der Waals surface area contributed by atoms with Crippen LogP contribution in [-0.4, -0.2) is 88.3 Å². The van der Waals surface area contributed by atoms with Gasteiger partial charge in [0.05, 0.1) is 77.3 Å². The van der Waals surface area contributed by atoms with Gasteiger partial charge in [-0.2, -0.15) is 11.8 Å². The molecule has 0 amide bonds. The molecule has 188 valence electrons. The van der Waals surface area contributed by atoms with Gasteiger partial charge in [0, 0.05) is 5.25 Å². The van der Waals surface area contributed by atoms with E-state index in [-0.39, 0.29) is 24.4 Å². The zero-order valence-corrected chi connectivity index (χ0v) is 21.2. The highest BCUT2D eigenvalue weighted by atomic mass is 32.2. The summed E-state index contributed by atoms with van der Waals surface area (Å²) in [7, 11) is 0. The van der Waals surface area contributed by atoms with Crippen LogP contribution in [0.4, 0.5) is 0 Å². The lowest BCUT2D eigenvalue weighted by molar-refractivity contribution is -0.132. The largest absolute Gasteiger partial charge is 0.377 e. The Bertz CT molecular complexity index is 481. The summed E-state index contributed by atoms with van der Waals surface area (Å²) in [6.45, 7) is 9.41. The molecule has 1 aliphatic heterocycles. The Kier molecular flexibility index (Phi) is 13.3. The van der Waals surface area contributed by atoms with Crippen LogP contribution in [0.15, 0.2) is 0 Å². The Morgan fingerprint density at radius 1 is 0.625 bits per heavy atom. The fourth-order valence-electron chi connectivity index (χ4n) is 4.88. The molecule has 6 unspecified atom stereocenters. The van der Waals surface area contributed by atoms with Crippen molar-refractivity contribution < 1.29 is 28.4 Å². The molecule has 32 heavy (non-hydrogen) atoms. The molecule has 6 atom stereocenters. The Labute approximate surface area is 199 Å². The quantitative estimate of drug-likeness (QED) is 0.557. The van der Waals surface area contributed by atoms with Gasteiger partial charge in [0.15, 0.2) is 0 Å². The molecule has 3 fully saturated rings. The molecule has 3 aliphatic rings. The van der Waals surface area contributed by atoms with Crippen LogP contribution >= 0.6 is 11.8 Å². The topological polar surface area (TPSA) is 55.4 Å². The van der Waals surface area contributed by atoms with Crippen molar-refractivity contribution >= 4 is 11.8 Å². The van der Waals surface area contributed by atoms with Crippen molar-refractivity contribution in [2.75, 3.05) is 58.6 Å². The highest BCUT2D eigenvalue weighted by molar-refractivity contribution is 7.99. The van der Waals surface area contributed by atoms with Gasteiger partial charge in [0.2, 0.25) is 0 Å². The molecule has 7 heteroatoms. The van der Waals surface area contributed by atoms with E-state index < -0.39 is 0 Å². The molecule has 0 bridgehead atoms. The number of hydrogen-bond donors (Lipinski definition) is 0. The summed E-state index contributed by atoms with van der Waals surface area (Å²) in [5.41, 5.74) is 0. The number of thioether (sulfide) groups is 1. The predicted molar refractivity (Wildman–Crippen MR) is 129 cm³/mol. The van der Waals surface area contributed by atoms with Gasteiger partial charge in [-0.05, 0) is 56.6 Å². The Balaban J connectivity index is 1.45. The first-order chi connectivity index (χ1) is 15.8. The summed E-state index contributed by atoms with van der Waals surface area (Å²) in [6.07, 6.45) is 9.85. The first-order valence-corrected chi connectivity index (χ1v) is 14.0. The van der Waals surface area contributed by atoms with E-state index in [1.165, 1.54) is 31.4 Å². The van der Waals surface area contributed by atoms with Crippen LogP contribution < -0.4 is 0 Å². The summed E-state index contributed by atoms with van der Waals surface area (Å²) in [5, 5.41) is 0.679. The maximum absolute atomic E-state index is 6.26. The predicted octanol–water partition coefficient (Wildman–Crippen LogP) is 4.48. The first kappa shape index (κ1) is 26.7. The van der Waals surface area contributed by atoms with Gasteiger partial charge in [-0.1, -0.05) is 20.3 Å². The van der Waals surface area contributed by atoms with Gasteiger partial charge in [-0.15, -0.1) is 0 Å². The molecule has 0 radical (unpaired) electrons. The van der Waals surface area contributed by atoms with Crippen LogP contribution in [-0.2, 0) is 28.4 Å². The van der Waals surface area contributed by atoms with Crippen molar-refractivity contribution in [1.82, 2.24) is 0 Å². The SMILES string of the molecule is CCCCSC1CCC2OCCOCCOC3CC(C)CCC3OCCOCCOC2C1. The second kappa shape index (κ2) is 15.9. The van der Waals surface area contributed by atoms with Crippen LogP contribution in [0.25, 0.3) is 0 Å². The zero-order valence-electron chi connectivity index (χ0n) is 20.3. The van der Waals surface area contributed by atoms with Crippen LogP contribution in [0.3, 0.4) is 0 Å². The second-order valence-corrected chi connectivity index (χ2v) is 10.8. The second-order valence-electron chi connectivity index (χ2n) is 9.44. The van der Waals surface area contributed by atoms with Crippen molar-refractivity contribution in [3.63, 3.8) is 0 Å². The average Bonchev–Trinajstić information content (AvgIpc) is 2.79. The van der Waals surface area contributed by atoms with Gasteiger partial charge in [0.25, 0.3) is 0 Å². The molecule has 1 saturated heterocycles. The van der Waals surface area contributed by atoms with Gasteiger partial charge in [-0.3, -0.25) is 0 Å². The molecule has 6 nitrogen and oxygen atoms in total. The summed E-state index contributed by atoms with van der Waals surface area (Å²) in [4.78, 5) is 0. The van der Waals surface area contributed by atoms with Gasteiger partial charge < -0.3 is 28.4 Å². The molecular weight excluding hydrogens is 428 g/mol. The lowest BCUT2D eigenvalue weighted by Crippen LogP contribution is -2.40. The van der Waals surface area contributed by atoms with E-state index in [2.05, 4.69) is 25.6 Å². The monoisotopic (exact) mass is 474 g/mol. The fourth-order valence-corrected chi connectivity index (χ4v) is 6.30. The van der Waals surface area contributed by atoms with Crippen molar-refractivity contribution in [3.8, 4) is 0 Å². The molecule has 0 spiro atoms. The third kappa shape index (κ3) is 9.77. The smallest absolute Gasteiger partial charge is 0.0848 e. The van der Waals surface area contributed by atoms with Crippen molar-refractivity contribution in [1.29, 1.82) is 0 Å². The minimum Gasteiger partial charge on any atom is -0.377 e. The van der Waals surface area contributed by atoms with E-state index in [4.69, 9.17) is 28.4 Å². The van der Waals surface area contributed by atoms with Crippen LogP contribution in [0.5, 0.6) is 0 Å². The molecule has 0 aromatic heterocycles. The molecule has 2 saturated carbocycles. The average molecular weight is 475 g/mol. The Morgan fingerprint density at radius 2 is 1.16 bits per heavy atom. The summed E-state index contributed by atoms with van der Waals surface area (Å²) in [5.74, 6) is 1.94. The van der Waals surface area contributed by atoms with E-state index in [0.717, 1.165) is 25.7 Å². The number of ether oxygens (including phenoxy) is 6. The third-order valence-corrected chi connectivity index (χ3v) is 8.19. The summed E-state index contributed by atoms with van der Waals surface area (Å²) >= 11 is 2.11. The number of rotatable bonds is 4. The normalized spacial score (nSPS) is 36.9. The maximum atomic E-state index is 6.26. The molecule has 0 aromatic rings. The lowest BCUT2D eigenvalue weighted by atomic mass is 9.86. The molecule has 3 rings (SSSR count). The summed E-state index contributed by atoms with van der Waals surface area (Å²) < 4.78 is 36.3. The van der Waals surface area contributed by atoms with Crippen molar-refractivity contribution in [3.05, 3.63) is 0 Å². The molecule has 0 N–H and O–H groups in total. The summed E-state index contributed by atoms with van der Waals surface area (Å²) in [6, 6.07) is 0. The standard InChI is InChI=1S/C25H46O6S/c1-3-4-17-32-21-6-8-23-25(19-21)31-16-12-27-9-13-28-22-7-5-20(2)18-24(22)30-15-11-26-10-14-29-23/h20-25H,3-19H2,1-2H3. The highest BCUT2D eigenvalue weighted by Crippen LogP contribution is 2.32. The van der Waals surface area contributed by atoms with E-state index >= 15 is 0 Å². The number of fused-ring (bicyclic) bond motifs is 2. The number of hydrogen-bond acceptors (Lipinski definition) is 7. The molecular formula is C25H46O6S. The molecule has 2 aliphatic carbocycles. The van der Waals surface area contributed by atoms with E-state index in [0.29, 0.717) is 64.0 Å². The maximum Gasteiger partial charge on any atom is 0.0848 e. The molecule has 0 aromatic carbocycles. The Hall–Kier alpha value is 0.110. The fraction of sp³-hybridized carbons (Fsp3) is 1.00. The highest BCUT2D eigenvalue weighted by Gasteiger charge is 2.32. The minimum absolute atomic E-state index is 0.148. The zero-order chi connectivity index (χ0) is 22.4. The number of unbranched alkanes of at least 4 members (excludes halogenated alkanes) is 1.